The minimum absolute atomic E-state index is 0.108. The molecule has 1 rings (SSSR count). The number of rotatable bonds is 3. The van der Waals surface area contributed by atoms with Gasteiger partial charge < -0.3 is 5.32 Å². The Kier molecular flexibility index (Phi) is 3.51. The first-order valence-corrected chi connectivity index (χ1v) is 4.29. The van der Waals surface area contributed by atoms with E-state index in [4.69, 9.17) is 0 Å². The number of hydrogen-bond acceptors (Lipinski definition) is 3. The summed E-state index contributed by atoms with van der Waals surface area (Å²) in [7, 11) is 0. The number of amides is 2. The highest BCUT2D eigenvalue weighted by atomic mass is 19.4. The molecule has 3 N–H and O–H groups in total. The minimum atomic E-state index is -4.99. The van der Waals surface area contributed by atoms with E-state index in [-0.39, 0.29) is 12.6 Å². The lowest BCUT2D eigenvalue weighted by molar-refractivity contribution is -0.175. The monoisotopic (exact) mass is 225 g/mol. The Morgan fingerprint density at radius 2 is 1.80 bits per heavy atom. The van der Waals surface area contributed by atoms with Gasteiger partial charge in [-0.25, -0.2) is 0 Å². The third-order valence-corrected chi connectivity index (χ3v) is 1.70. The van der Waals surface area contributed by atoms with E-state index in [0.29, 0.717) is 0 Å². The molecule has 15 heavy (non-hydrogen) atoms. The number of hydrogen-bond donors (Lipinski definition) is 3. The van der Waals surface area contributed by atoms with Crippen LogP contribution in [0, 0.1) is 0 Å². The molecule has 1 aliphatic rings. The highest BCUT2D eigenvalue weighted by Gasteiger charge is 2.38. The summed E-state index contributed by atoms with van der Waals surface area (Å²) >= 11 is 0. The zero-order valence-electron chi connectivity index (χ0n) is 7.65. The van der Waals surface area contributed by atoms with Gasteiger partial charge in [0.05, 0.1) is 6.54 Å². The normalized spacial score (nSPS) is 15.9. The van der Waals surface area contributed by atoms with Gasteiger partial charge in [-0.3, -0.25) is 20.4 Å². The number of carbonyl (C=O) groups excluding carboxylic acids is 2. The summed E-state index contributed by atoms with van der Waals surface area (Å²) in [6.07, 6.45) is -3.07. The SMILES string of the molecule is O=C(CNC1CC1)NNC(=O)C(F)(F)F. The van der Waals surface area contributed by atoms with E-state index in [2.05, 4.69) is 5.32 Å². The Morgan fingerprint density at radius 1 is 1.20 bits per heavy atom. The van der Waals surface area contributed by atoms with Gasteiger partial charge >= 0.3 is 12.1 Å². The molecule has 0 saturated heterocycles. The molecule has 0 aromatic rings. The first kappa shape index (κ1) is 11.8. The molecule has 0 heterocycles. The largest absolute Gasteiger partial charge is 0.472 e. The fourth-order valence-corrected chi connectivity index (χ4v) is 0.766. The number of nitrogens with one attached hydrogen (secondary N) is 3. The van der Waals surface area contributed by atoms with Crippen LogP contribution in [-0.2, 0) is 9.59 Å². The van der Waals surface area contributed by atoms with Gasteiger partial charge in [-0.15, -0.1) is 0 Å². The van der Waals surface area contributed by atoms with Crippen molar-refractivity contribution in [1.82, 2.24) is 16.2 Å². The van der Waals surface area contributed by atoms with Gasteiger partial charge in [-0.1, -0.05) is 0 Å². The number of hydrazine groups is 1. The van der Waals surface area contributed by atoms with Gasteiger partial charge in [0.1, 0.15) is 0 Å². The van der Waals surface area contributed by atoms with E-state index >= 15 is 0 Å². The summed E-state index contributed by atoms with van der Waals surface area (Å²) in [4.78, 5) is 21.1. The van der Waals surface area contributed by atoms with Gasteiger partial charge in [0, 0.05) is 6.04 Å². The van der Waals surface area contributed by atoms with Crippen molar-refractivity contribution >= 4 is 11.8 Å². The summed E-state index contributed by atoms with van der Waals surface area (Å²) in [5, 5.41) is 2.77. The smallest absolute Gasteiger partial charge is 0.306 e. The van der Waals surface area contributed by atoms with E-state index < -0.39 is 18.0 Å². The Hall–Kier alpha value is -1.31. The Morgan fingerprint density at radius 3 is 2.27 bits per heavy atom. The minimum Gasteiger partial charge on any atom is -0.306 e. The van der Waals surface area contributed by atoms with Crippen LogP contribution in [0.2, 0.25) is 0 Å². The second kappa shape index (κ2) is 4.47. The molecule has 0 spiro atoms. The van der Waals surface area contributed by atoms with Crippen molar-refractivity contribution in [3.8, 4) is 0 Å². The molecule has 0 atom stereocenters. The summed E-state index contributed by atoms with van der Waals surface area (Å²) in [6, 6.07) is 0.272. The van der Waals surface area contributed by atoms with Crippen molar-refractivity contribution in [3.63, 3.8) is 0 Å². The number of carbonyl (C=O) groups is 2. The third-order valence-electron chi connectivity index (χ3n) is 1.70. The van der Waals surface area contributed by atoms with Gasteiger partial charge in [0.2, 0.25) is 0 Å². The van der Waals surface area contributed by atoms with Crippen LogP contribution in [0.4, 0.5) is 13.2 Å². The molecule has 5 nitrogen and oxygen atoms in total. The zero-order valence-corrected chi connectivity index (χ0v) is 7.65. The van der Waals surface area contributed by atoms with E-state index in [0.717, 1.165) is 12.8 Å². The molecule has 8 heteroatoms. The molecule has 0 aromatic carbocycles. The van der Waals surface area contributed by atoms with E-state index in [9.17, 15) is 22.8 Å². The summed E-state index contributed by atoms with van der Waals surface area (Å²) in [5.74, 6) is -2.90. The molecule has 0 aliphatic heterocycles. The average molecular weight is 225 g/mol. The lowest BCUT2D eigenvalue weighted by atomic mass is 10.5. The lowest BCUT2D eigenvalue weighted by Crippen LogP contribution is -2.50. The maximum absolute atomic E-state index is 11.6. The molecular weight excluding hydrogens is 215 g/mol. The van der Waals surface area contributed by atoms with Gasteiger partial charge in [0.25, 0.3) is 5.91 Å². The van der Waals surface area contributed by atoms with Crippen molar-refractivity contribution in [2.45, 2.75) is 25.1 Å². The van der Waals surface area contributed by atoms with Crippen molar-refractivity contribution in [1.29, 1.82) is 0 Å². The number of alkyl halides is 3. The van der Waals surface area contributed by atoms with Crippen molar-refractivity contribution in [2.75, 3.05) is 6.54 Å². The molecule has 1 aliphatic carbocycles. The van der Waals surface area contributed by atoms with Gasteiger partial charge in [0.15, 0.2) is 0 Å². The van der Waals surface area contributed by atoms with E-state index in [1.807, 2.05) is 0 Å². The van der Waals surface area contributed by atoms with Crippen LogP contribution in [0.25, 0.3) is 0 Å². The fraction of sp³-hybridized carbons (Fsp3) is 0.714. The average Bonchev–Trinajstić information content (AvgIpc) is 2.92. The molecule has 1 fully saturated rings. The Bertz CT molecular complexity index is 263. The molecule has 86 valence electrons. The van der Waals surface area contributed by atoms with Crippen LogP contribution >= 0.6 is 0 Å². The van der Waals surface area contributed by atoms with Crippen LogP contribution in [0.3, 0.4) is 0 Å². The van der Waals surface area contributed by atoms with Crippen molar-refractivity contribution < 1.29 is 22.8 Å². The standard InChI is InChI=1S/C7H10F3N3O2/c8-7(9,10)6(15)13-12-5(14)3-11-4-1-2-4/h4,11H,1-3H2,(H,12,14)(H,13,15). The molecule has 2 amide bonds. The Balaban J connectivity index is 2.12. The van der Waals surface area contributed by atoms with E-state index in [1.165, 1.54) is 5.43 Å². The van der Waals surface area contributed by atoms with Crippen molar-refractivity contribution in [3.05, 3.63) is 0 Å². The summed E-state index contributed by atoms with van der Waals surface area (Å²) < 4.78 is 34.9. The molecule has 0 unspecified atom stereocenters. The maximum Gasteiger partial charge on any atom is 0.472 e. The fourth-order valence-electron chi connectivity index (χ4n) is 0.766. The van der Waals surface area contributed by atoms with Crippen LogP contribution < -0.4 is 16.2 Å². The summed E-state index contributed by atoms with van der Waals surface area (Å²) in [6.45, 7) is -0.108. The number of halogens is 3. The van der Waals surface area contributed by atoms with Gasteiger partial charge in [-0.2, -0.15) is 13.2 Å². The Labute approximate surface area is 83.4 Å². The first-order valence-electron chi connectivity index (χ1n) is 4.29. The van der Waals surface area contributed by atoms with Crippen LogP contribution in [0.1, 0.15) is 12.8 Å². The first-order chi connectivity index (χ1) is 6.89. The zero-order chi connectivity index (χ0) is 11.5. The maximum atomic E-state index is 11.6. The van der Waals surface area contributed by atoms with Gasteiger partial charge in [-0.05, 0) is 12.8 Å². The molecule has 0 aromatic heterocycles. The lowest BCUT2D eigenvalue weighted by Gasteiger charge is -2.09. The van der Waals surface area contributed by atoms with Crippen molar-refractivity contribution in [2.24, 2.45) is 0 Å². The van der Waals surface area contributed by atoms with Crippen LogP contribution in [0.5, 0.6) is 0 Å². The van der Waals surface area contributed by atoms with Crippen LogP contribution in [0.15, 0.2) is 0 Å². The molecule has 1 saturated carbocycles. The van der Waals surface area contributed by atoms with E-state index in [1.54, 1.807) is 5.43 Å². The molecular formula is C7H10F3N3O2. The highest BCUT2D eigenvalue weighted by Crippen LogP contribution is 2.17. The predicted octanol–water partition coefficient (Wildman–Crippen LogP) is -0.552. The quantitative estimate of drug-likeness (QED) is 0.564. The summed E-state index contributed by atoms with van der Waals surface area (Å²) in [5.41, 5.74) is 2.91. The highest BCUT2D eigenvalue weighted by molar-refractivity contribution is 5.85. The second-order valence-electron chi connectivity index (χ2n) is 3.16. The third kappa shape index (κ3) is 4.63. The second-order valence-corrected chi connectivity index (χ2v) is 3.16. The topological polar surface area (TPSA) is 70.2 Å². The molecule has 0 bridgehead atoms. The van der Waals surface area contributed by atoms with Crippen LogP contribution in [-0.4, -0.2) is 30.6 Å². The predicted molar refractivity (Wildman–Crippen MR) is 43.4 cm³/mol. The molecule has 0 radical (unpaired) electrons.